The lowest BCUT2D eigenvalue weighted by Crippen LogP contribution is -2.17. The maximum absolute atomic E-state index is 12.5. The SMILES string of the molecule is Cc1ccc(/C=N/NC(=O)c2cccc(Oc3ccccc3)c2)c2cccnc12. The average Bonchev–Trinajstić information content (AvgIpc) is 2.76. The smallest absolute Gasteiger partial charge is 0.271 e. The van der Waals surface area contributed by atoms with Gasteiger partial charge in [-0.05, 0) is 48.9 Å². The molecule has 0 spiro atoms. The third-order valence-electron chi connectivity index (χ3n) is 4.45. The summed E-state index contributed by atoms with van der Waals surface area (Å²) in [4.78, 5) is 16.9. The molecule has 4 aromatic rings. The fourth-order valence-corrected chi connectivity index (χ4v) is 3.00. The van der Waals surface area contributed by atoms with Crippen LogP contribution in [0.2, 0.25) is 0 Å². The first kappa shape index (κ1) is 18.4. The number of nitrogens with one attached hydrogen (secondary N) is 1. The van der Waals surface area contributed by atoms with Crippen LogP contribution >= 0.6 is 0 Å². The third-order valence-corrected chi connectivity index (χ3v) is 4.45. The van der Waals surface area contributed by atoms with E-state index in [2.05, 4.69) is 15.5 Å². The lowest BCUT2D eigenvalue weighted by molar-refractivity contribution is 0.0955. The molecule has 4 rings (SSSR count). The first-order chi connectivity index (χ1) is 14.2. The zero-order chi connectivity index (χ0) is 20.1. The lowest BCUT2D eigenvalue weighted by atomic mass is 10.1. The van der Waals surface area contributed by atoms with Gasteiger partial charge in [0.05, 0.1) is 11.7 Å². The van der Waals surface area contributed by atoms with E-state index in [9.17, 15) is 4.79 Å². The summed E-state index contributed by atoms with van der Waals surface area (Å²) >= 11 is 0. The van der Waals surface area contributed by atoms with E-state index in [1.807, 2.05) is 61.5 Å². The molecule has 1 N–H and O–H groups in total. The van der Waals surface area contributed by atoms with Crippen molar-refractivity contribution in [1.29, 1.82) is 0 Å². The molecule has 5 nitrogen and oxygen atoms in total. The predicted octanol–water partition coefficient (Wildman–Crippen LogP) is 5.10. The highest BCUT2D eigenvalue weighted by Gasteiger charge is 2.07. The minimum absolute atomic E-state index is 0.311. The summed E-state index contributed by atoms with van der Waals surface area (Å²) in [5.74, 6) is 0.987. The number of amides is 1. The highest BCUT2D eigenvalue weighted by atomic mass is 16.5. The molecule has 142 valence electrons. The molecule has 0 aliphatic heterocycles. The number of rotatable bonds is 5. The molecule has 0 aliphatic rings. The zero-order valence-corrected chi connectivity index (χ0v) is 15.9. The molecule has 0 saturated carbocycles. The van der Waals surface area contributed by atoms with Gasteiger partial charge in [-0.1, -0.05) is 42.5 Å². The molecule has 0 unspecified atom stereocenters. The Balaban J connectivity index is 1.48. The molecule has 1 heterocycles. The maximum Gasteiger partial charge on any atom is 0.271 e. The number of para-hydroxylation sites is 1. The van der Waals surface area contributed by atoms with Crippen molar-refractivity contribution < 1.29 is 9.53 Å². The van der Waals surface area contributed by atoms with E-state index in [-0.39, 0.29) is 5.91 Å². The van der Waals surface area contributed by atoms with Gasteiger partial charge >= 0.3 is 0 Å². The monoisotopic (exact) mass is 381 g/mol. The van der Waals surface area contributed by atoms with Crippen molar-refractivity contribution in [2.24, 2.45) is 5.10 Å². The second-order valence-electron chi connectivity index (χ2n) is 6.51. The number of aromatic nitrogens is 1. The highest BCUT2D eigenvalue weighted by molar-refractivity contribution is 6.00. The Hall–Kier alpha value is -3.99. The number of benzene rings is 3. The Morgan fingerprint density at radius 2 is 1.79 bits per heavy atom. The molecule has 5 heteroatoms. The fourth-order valence-electron chi connectivity index (χ4n) is 3.00. The van der Waals surface area contributed by atoms with Crippen molar-refractivity contribution in [3.63, 3.8) is 0 Å². The molecule has 0 radical (unpaired) electrons. The second-order valence-corrected chi connectivity index (χ2v) is 6.51. The van der Waals surface area contributed by atoms with Gasteiger partial charge in [-0.2, -0.15) is 5.10 Å². The summed E-state index contributed by atoms with van der Waals surface area (Å²) in [6.45, 7) is 2.02. The van der Waals surface area contributed by atoms with E-state index in [1.165, 1.54) is 0 Å². The molecule has 0 aliphatic carbocycles. The van der Waals surface area contributed by atoms with Crippen LogP contribution in [0.3, 0.4) is 0 Å². The summed E-state index contributed by atoms with van der Waals surface area (Å²) in [6, 6.07) is 24.2. The van der Waals surface area contributed by atoms with Crippen molar-refractivity contribution in [3.05, 3.63) is 102 Å². The molecule has 0 fully saturated rings. The third kappa shape index (κ3) is 4.30. The minimum atomic E-state index is -0.311. The quantitative estimate of drug-likeness (QED) is 0.386. The van der Waals surface area contributed by atoms with Gasteiger partial charge in [0.25, 0.3) is 5.91 Å². The Bertz CT molecular complexity index is 1190. The number of pyridine rings is 1. The van der Waals surface area contributed by atoms with Crippen LogP contribution in [0.25, 0.3) is 10.9 Å². The standard InChI is InChI=1S/C24H19N3O2/c1-17-12-13-19(22-11-6-14-25-23(17)22)16-26-27-24(28)18-7-5-10-21(15-18)29-20-8-3-2-4-9-20/h2-16H,1H3,(H,27,28)/b26-16+. The Labute approximate surface area is 168 Å². The molecular formula is C24H19N3O2. The van der Waals surface area contributed by atoms with E-state index < -0.39 is 0 Å². The van der Waals surface area contributed by atoms with Crippen molar-refractivity contribution in [2.45, 2.75) is 6.92 Å². The topological polar surface area (TPSA) is 63.6 Å². The number of hydrogen-bond donors (Lipinski definition) is 1. The molecule has 1 amide bonds. The van der Waals surface area contributed by atoms with Crippen molar-refractivity contribution in [2.75, 3.05) is 0 Å². The van der Waals surface area contributed by atoms with Gasteiger partial charge in [-0.3, -0.25) is 9.78 Å². The molecule has 0 bridgehead atoms. The van der Waals surface area contributed by atoms with Crippen LogP contribution in [0.5, 0.6) is 11.5 Å². The summed E-state index contributed by atoms with van der Waals surface area (Å²) < 4.78 is 5.78. The first-order valence-corrected chi connectivity index (χ1v) is 9.21. The van der Waals surface area contributed by atoms with E-state index in [4.69, 9.17) is 4.74 Å². The first-order valence-electron chi connectivity index (χ1n) is 9.21. The van der Waals surface area contributed by atoms with Crippen LogP contribution in [0, 0.1) is 6.92 Å². The van der Waals surface area contributed by atoms with Gasteiger partial charge in [-0.25, -0.2) is 5.43 Å². The zero-order valence-electron chi connectivity index (χ0n) is 15.9. The Morgan fingerprint density at radius 3 is 2.66 bits per heavy atom. The van der Waals surface area contributed by atoms with Crippen LogP contribution in [-0.2, 0) is 0 Å². The number of hydrogen-bond acceptors (Lipinski definition) is 4. The highest BCUT2D eigenvalue weighted by Crippen LogP contribution is 2.22. The maximum atomic E-state index is 12.5. The van der Waals surface area contributed by atoms with Gasteiger partial charge < -0.3 is 4.74 Å². The van der Waals surface area contributed by atoms with Crippen LogP contribution in [-0.4, -0.2) is 17.1 Å². The minimum Gasteiger partial charge on any atom is -0.457 e. The largest absolute Gasteiger partial charge is 0.457 e. The van der Waals surface area contributed by atoms with Crippen LogP contribution < -0.4 is 10.2 Å². The van der Waals surface area contributed by atoms with E-state index in [0.717, 1.165) is 22.0 Å². The van der Waals surface area contributed by atoms with Crippen LogP contribution in [0.1, 0.15) is 21.5 Å². The van der Waals surface area contributed by atoms with E-state index in [0.29, 0.717) is 17.1 Å². The predicted molar refractivity (Wildman–Crippen MR) is 114 cm³/mol. The molecular weight excluding hydrogens is 362 g/mol. The fraction of sp³-hybridized carbons (Fsp3) is 0.0417. The van der Waals surface area contributed by atoms with Gasteiger partial charge in [0.2, 0.25) is 0 Å². The summed E-state index contributed by atoms with van der Waals surface area (Å²) in [6.07, 6.45) is 3.40. The number of aryl methyl sites for hydroxylation is 1. The molecule has 0 saturated heterocycles. The Morgan fingerprint density at radius 1 is 0.966 bits per heavy atom. The van der Waals surface area contributed by atoms with Gasteiger partial charge in [0.15, 0.2) is 0 Å². The van der Waals surface area contributed by atoms with Crippen molar-refractivity contribution in [3.8, 4) is 11.5 Å². The summed E-state index contributed by atoms with van der Waals surface area (Å²) in [7, 11) is 0. The van der Waals surface area contributed by atoms with E-state index >= 15 is 0 Å². The normalized spacial score (nSPS) is 10.9. The number of ether oxygens (including phenoxy) is 1. The second kappa shape index (κ2) is 8.35. The van der Waals surface area contributed by atoms with Crippen LogP contribution in [0.15, 0.2) is 90.2 Å². The van der Waals surface area contributed by atoms with Gasteiger partial charge in [0, 0.05) is 22.7 Å². The average molecular weight is 381 g/mol. The number of carbonyl (C=O) groups excluding carboxylic acids is 1. The van der Waals surface area contributed by atoms with Gasteiger partial charge in [0.1, 0.15) is 11.5 Å². The van der Waals surface area contributed by atoms with Crippen LogP contribution in [0.4, 0.5) is 0 Å². The Kier molecular flexibility index (Phi) is 5.29. The number of fused-ring (bicyclic) bond motifs is 1. The number of nitrogens with zero attached hydrogens (tertiary/aromatic N) is 2. The lowest BCUT2D eigenvalue weighted by Gasteiger charge is -2.07. The molecule has 3 aromatic carbocycles. The number of hydrazone groups is 1. The summed E-state index contributed by atoms with van der Waals surface area (Å²) in [5.41, 5.74) is 5.94. The van der Waals surface area contributed by atoms with E-state index in [1.54, 1.807) is 36.7 Å². The van der Waals surface area contributed by atoms with Crippen molar-refractivity contribution in [1.82, 2.24) is 10.4 Å². The van der Waals surface area contributed by atoms with Gasteiger partial charge in [-0.15, -0.1) is 0 Å². The molecule has 29 heavy (non-hydrogen) atoms. The number of carbonyl (C=O) groups is 1. The van der Waals surface area contributed by atoms with Crippen molar-refractivity contribution >= 4 is 23.0 Å². The molecule has 1 aromatic heterocycles. The summed E-state index contributed by atoms with van der Waals surface area (Å²) in [5, 5.41) is 5.11. The molecule has 0 atom stereocenters.